The third-order valence-corrected chi connectivity index (χ3v) is 9.15. The van der Waals surface area contributed by atoms with Crippen LogP contribution in [0.4, 0.5) is 5.00 Å². The second-order valence-corrected chi connectivity index (χ2v) is 12.8. The largest absolute Gasteiger partial charge is 0.342 e. The maximum Gasteiger partial charge on any atom is 0.253 e. The van der Waals surface area contributed by atoms with Gasteiger partial charge in [0.25, 0.3) is 5.91 Å². The first-order valence-corrected chi connectivity index (χ1v) is 15.5. The molecule has 2 amide bonds. The summed E-state index contributed by atoms with van der Waals surface area (Å²) in [5, 5.41) is 26.3. The van der Waals surface area contributed by atoms with Gasteiger partial charge in [-0.3, -0.25) is 9.59 Å². The number of anilines is 1. The van der Waals surface area contributed by atoms with E-state index in [-0.39, 0.29) is 28.5 Å². The molecule has 0 fully saturated rings. The number of hydrogen-bond acceptors (Lipinski definition) is 7. The average molecular weight is 618 g/mol. The van der Waals surface area contributed by atoms with Crippen molar-refractivity contribution in [1.82, 2.24) is 20.1 Å². The van der Waals surface area contributed by atoms with Gasteiger partial charge in [-0.05, 0) is 61.8 Å². The number of aryl methyl sites for hydroxylation is 1. The van der Waals surface area contributed by atoms with Crippen LogP contribution in [-0.2, 0) is 24.2 Å². The van der Waals surface area contributed by atoms with E-state index in [1.54, 1.807) is 18.2 Å². The first kappa shape index (κ1) is 30.1. The molecule has 0 saturated heterocycles. The molecule has 0 unspecified atom stereocenters. The van der Waals surface area contributed by atoms with Crippen molar-refractivity contribution in [2.24, 2.45) is 5.92 Å². The van der Waals surface area contributed by atoms with Crippen molar-refractivity contribution in [3.8, 4) is 6.07 Å². The zero-order valence-corrected chi connectivity index (χ0v) is 25.4. The van der Waals surface area contributed by atoms with Crippen molar-refractivity contribution in [1.29, 1.82) is 5.26 Å². The fraction of sp³-hybridized carbons (Fsp3) is 0.393. The number of benzene rings is 1. The summed E-state index contributed by atoms with van der Waals surface area (Å²) in [6, 6.07) is 6.55. The molecular weight excluding hydrogens is 587 g/mol. The summed E-state index contributed by atoms with van der Waals surface area (Å²) in [4.78, 5) is 27.2. The van der Waals surface area contributed by atoms with Crippen LogP contribution in [0.3, 0.4) is 0 Å². The fourth-order valence-electron chi connectivity index (χ4n) is 4.64. The van der Waals surface area contributed by atoms with Gasteiger partial charge in [-0.1, -0.05) is 54.9 Å². The highest BCUT2D eigenvalue weighted by atomic mass is 35.5. The molecule has 1 atom stereocenters. The lowest BCUT2D eigenvalue weighted by molar-refractivity contribution is -0.113. The van der Waals surface area contributed by atoms with E-state index in [9.17, 15) is 14.9 Å². The molecule has 2 heterocycles. The lowest BCUT2D eigenvalue weighted by Crippen LogP contribution is -2.32. The first-order chi connectivity index (χ1) is 19.2. The molecule has 12 heteroatoms. The average Bonchev–Trinajstić information content (AvgIpc) is 3.47. The molecule has 1 aliphatic rings. The third-order valence-electron chi connectivity index (χ3n) is 6.43. The summed E-state index contributed by atoms with van der Waals surface area (Å²) < 4.78 is 1.85. The monoisotopic (exact) mass is 616 g/mol. The standard InChI is InChI=1S/C28H30Cl2N6O2S2/c1-4-11-36-25(22(12-16(2)3)32-26(38)19-10-9-17(29)13-21(19)30)34-35-28(36)39-15-24(37)33-27-20(14-31)18-7-5-6-8-23(18)40-27/h4,9-10,13,16,22H,1,5-8,11-12,15H2,2-3H3,(H,32,38)(H,33,37)/t22-/m0/s1. The molecule has 0 saturated carbocycles. The summed E-state index contributed by atoms with van der Waals surface area (Å²) in [6.45, 7) is 8.37. The minimum absolute atomic E-state index is 0.0876. The van der Waals surface area contributed by atoms with E-state index < -0.39 is 6.04 Å². The maximum absolute atomic E-state index is 13.1. The van der Waals surface area contributed by atoms with Gasteiger partial charge < -0.3 is 15.2 Å². The summed E-state index contributed by atoms with van der Waals surface area (Å²) in [5.74, 6) is 0.324. The third kappa shape index (κ3) is 7.07. The molecule has 210 valence electrons. The van der Waals surface area contributed by atoms with Gasteiger partial charge in [0.2, 0.25) is 5.91 Å². The van der Waals surface area contributed by atoms with E-state index in [1.165, 1.54) is 34.0 Å². The molecular formula is C28H30Cl2N6O2S2. The van der Waals surface area contributed by atoms with Gasteiger partial charge in [0, 0.05) is 16.4 Å². The molecule has 4 rings (SSSR count). The fourth-order valence-corrected chi connectivity index (χ4v) is 7.15. The number of carbonyl (C=O) groups is 2. The smallest absolute Gasteiger partial charge is 0.253 e. The van der Waals surface area contributed by atoms with Crippen LogP contribution >= 0.6 is 46.3 Å². The van der Waals surface area contributed by atoms with E-state index >= 15 is 0 Å². The lowest BCUT2D eigenvalue weighted by Gasteiger charge is -2.21. The van der Waals surface area contributed by atoms with Crippen molar-refractivity contribution in [2.45, 2.75) is 63.7 Å². The maximum atomic E-state index is 13.1. The van der Waals surface area contributed by atoms with Crippen LogP contribution in [0.2, 0.25) is 10.0 Å². The SMILES string of the molecule is C=CCn1c(SCC(=O)Nc2sc3c(c2C#N)CCCC3)nnc1[C@H](CC(C)C)NC(=O)c1ccc(Cl)cc1Cl. The van der Waals surface area contributed by atoms with Crippen molar-refractivity contribution in [2.75, 3.05) is 11.1 Å². The van der Waals surface area contributed by atoms with Crippen molar-refractivity contribution >= 4 is 63.1 Å². The van der Waals surface area contributed by atoms with Crippen LogP contribution in [0.1, 0.15) is 71.3 Å². The number of nitriles is 1. The van der Waals surface area contributed by atoms with E-state index in [2.05, 4.69) is 47.3 Å². The Hall–Kier alpha value is -2.84. The van der Waals surface area contributed by atoms with E-state index in [4.69, 9.17) is 23.2 Å². The highest BCUT2D eigenvalue weighted by Gasteiger charge is 2.26. The number of nitrogens with zero attached hydrogens (tertiary/aromatic N) is 4. The van der Waals surface area contributed by atoms with Crippen LogP contribution in [-0.4, -0.2) is 32.3 Å². The van der Waals surface area contributed by atoms with Crippen molar-refractivity contribution in [3.05, 3.63) is 68.3 Å². The molecule has 2 N–H and O–H groups in total. The van der Waals surface area contributed by atoms with E-state index in [0.29, 0.717) is 45.1 Å². The van der Waals surface area contributed by atoms with Crippen molar-refractivity contribution in [3.63, 3.8) is 0 Å². The summed E-state index contributed by atoms with van der Waals surface area (Å²) >= 11 is 15.0. The predicted octanol–water partition coefficient (Wildman–Crippen LogP) is 6.83. The molecule has 3 aromatic rings. The number of nitrogens with one attached hydrogen (secondary N) is 2. The second-order valence-electron chi connectivity index (χ2n) is 9.88. The molecule has 1 aromatic carbocycles. The van der Waals surface area contributed by atoms with Gasteiger partial charge in [0.15, 0.2) is 11.0 Å². The van der Waals surface area contributed by atoms with Gasteiger partial charge in [-0.15, -0.1) is 28.1 Å². The topological polar surface area (TPSA) is 113 Å². The minimum Gasteiger partial charge on any atom is -0.342 e. The lowest BCUT2D eigenvalue weighted by atomic mass is 9.96. The summed E-state index contributed by atoms with van der Waals surface area (Å²) in [6.07, 6.45) is 6.33. The Morgan fingerprint density at radius 2 is 2.05 bits per heavy atom. The summed E-state index contributed by atoms with van der Waals surface area (Å²) in [5.41, 5.74) is 1.98. The van der Waals surface area contributed by atoms with Gasteiger partial charge in [-0.25, -0.2) is 0 Å². The zero-order valence-electron chi connectivity index (χ0n) is 22.3. The Morgan fingerprint density at radius 1 is 1.27 bits per heavy atom. The zero-order chi connectivity index (χ0) is 28.8. The summed E-state index contributed by atoms with van der Waals surface area (Å²) in [7, 11) is 0. The number of allylic oxidation sites excluding steroid dienone is 1. The number of thiophene rings is 1. The number of halogens is 2. The molecule has 1 aliphatic carbocycles. The van der Waals surface area contributed by atoms with Gasteiger partial charge in [0.05, 0.1) is 27.9 Å². The van der Waals surface area contributed by atoms with Crippen LogP contribution in [0.5, 0.6) is 0 Å². The number of rotatable bonds is 11. The number of thioether (sulfide) groups is 1. The molecule has 8 nitrogen and oxygen atoms in total. The predicted molar refractivity (Wildman–Crippen MR) is 161 cm³/mol. The van der Waals surface area contributed by atoms with E-state index in [0.717, 1.165) is 31.2 Å². The normalized spacial score (nSPS) is 13.4. The molecule has 0 radical (unpaired) electrons. The highest BCUT2D eigenvalue weighted by Crippen LogP contribution is 2.37. The van der Waals surface area contributed by atoms with Gasteiger partial charge >= 0.3 is 0 Å². The molecule has 0 aliphatic heterocycles. The van der Waals surface area contributed by atoms with Gasteiger partial charge in [0.1, 0.15) is 11.1 Å². The Bertz CT molecular complexity index is 1460. The number of aromatic nitrogens is 3. The highest BCUT2D eigenvalue weighted by molar-refractivity contribution is 7.99. The molecule has 0 bridgehead atoms. The van der Waals surface area contributed by atoms with Crippen molar-refractivity contribution < 1.29 is 9.59 Å². The number of fused-ring (bicyclic) bond motifs is 1. The Morgan fingerprint density at radius 3 is 2.75 bits per heavy atom. The quantitative estimate of drug-likeness (QED) is 0.180. The Kier molecular flexibility index (Phi) is 10.3. The first-order valence-electron chi connectivity index (χ1n) is 13.0. The van der Waals surface area contributed by atoms with E-state index in [1.807, 2.05) is 4.57 Å². The molecule has 40 heavy (non-hydrogen) atoms. The number of amides is 2. The van der Waals surface area contributed by atoms with Crippen LogP contribution in [0, 0.1) is 17.2 Å². The van der Waals surface area contributed by atoms with Crippen LogP contribution in [0.15, 0.2) is 36.0 Å². The van der Waals surface area contributed by atoms with Gasteiger partial charge in [-0.2, -0.15) is 5.26 Å². The number of carbonyl (C=O) groups excluding carboxylic acids is 2. The van der Waals surface area contributed by atoms with Crippen LogP contribution in [0.25, 0.3) is 0 Å². The number of hydrogen-bond donors (Lipinski definition) is 2. The minimum atomic E-state index is -0.453. The second kappa shape index (κ2) is 13.7. The Labute approximate surface area is 252 Å². The molecule has 2 aromatic heterocycles. The molecule has 0 spiro atoms. The Balaban J connectivity index is 1.50. The van der Waals surface area contributed by atoms with Crippen LogP contribution < -0.4 is 10.6 Å².